The number of pyridine rings is 1. The van der Waals surface area contributed by atoms with Crippen molar-refractivity contribution in [2.45, 2.75) is 13.5 Å². The SMILES string of the molecule is Cc1cnc(N2CCSCC2)c(Cn2cc(/C=N/NC(=O)c3ccc(F)cc3)nn2)c1. The predicted molar refractivity (Wildman–Crippen MR) is 119 cm³/mol. The molecule has 1 amide bonds. The molecule has 1 aromatic carbocycles. The van der Waals surface area contributed by atoms with E-state index in [4.69, 9.17) is 0 Å². The van der Waals surface area contributed by atoms with Crippen molar-refractivity contribution < 1.29 is 9.18 Å². The Morgan fingerprint density at radius 1 is 1.29 bits per heavy atom. The number of hydrazone groups is 1. The third-order valence-corrected chi connectivity index (χ3v) is 5.69. The van der Waals surface area contributed by atoms with Crippen molar-refractivity contribution >= 4 is 29.7 Å². The van der Waals surface area contributed by atoms with Crippen molar-refractivity contribution in [3.05, 3.63) is 70.9 Å². The predicted octanol–water partition coefficient (Wildman–Crippen LogP) is 2.49. The summed E-state index contributed by atoms with van der Waals surface area (Å²) in [4.78, 5) is 19.0. The minimum Gasteiger partial charge on any atom is -0.355 e. The summed E-state index contributed by atoms with van der Waals surface area (Å²) in [5.41, 5.74) is 5.41. The van der Waals surface area contributed by atoms with E-state index in [2.05, 4.69) is 36.8 Å². The van der Waals surface area contributed by atoms with Crippen molar-refractivity contribution in [2.24, 2.45) is 5.10 Å². The molecule has 8 nitrogen and oxygen atoms in total. The van der Waals surface area contributed by atoms with Crippen molar-refractivity contribution in [3.63, 3.8) is 0 Å². The van der Waals surface area contributed by atoms with Crippen LogP contribution in [0.3, 0.4) is 0 Å². The molecule has 1 fully saturated rings. The quantitative estimate of drug-likeness (QED) is 0.469. The van der Waals surface area contributed by atoms with Gasteiger partial charge in [-0.05, 0) is 42.8 Å². The molecule has 1 saturated heterocycles. The van der Waals surface area contributed by atoms with Gasteiger partial charge in [0.25, 0.3) is 5.91 Å². The molecule has 160 valence electrons. The van der Waals surface area contributed by atoms with Gasteiger partial charge in [0.15, 0.2) is 0 Å². The number of halogens is 1. The van der Waals surface area contributed by atoms with Gasteiger partial charge in [-0.25, -0.2) is 19.5 Å². The molecule has 4 rings (SSSR count). The Morgan fingerprint density at radius 3 is 2.84 bits per heavy atom. The number of carbonyl (C=O) groups excluding carboxylic acids is 1. The van der Waals surface area contributed by atoms with E-state index in [0.29, 0.717) is 17.8 Å². The fourth-order valence-corrected chi connectivity index (χ4v) is 4.15. The van der Waals surface area contributed by atoms with E-state index in [1.807, 2.05) is 24.9 Å². The highest BCUT2D eigenvalue weighted by Gasteiger charge is 2.17. The van der Waals surface area contributed by atoms with Gasteiger partial charge in [-0.15, -0.1) is 5.10 Å². The van der Waals surface area contributed by atoms with E-state index in [1.165, 1.54) is 30.5 Å². The number of rotatable bonds is 6. The molecule has 0 spiro atoms. The number of aromatic nitrogens is 4. The number of anilines is 1. The summed E-state index contributed by atoms with van der Waals surface area (Å²) in [6.07, 6.45) is 5.07. The number of nitrogens with one attached hydrogen (secondary N) is 1. The number of hydrogen-bond acceptors (Lipinski definition) is 7. The highest BCUT2D eigenvalue weighted by Crippen LogP contribution is 2.23. The van der Waals surface area contributed by atoms with E-state index in [1.54, 1.807) is 10.9 Å². The monoisotopic (exact) mass is 439 g/mol. The second-order valence-corrected chi connectivity index (χ2v) is 8.37. The molecule has 1 aliphatic rings. The summed E-state index contributed by atoms with van der Waals surface area (Å²) < 4.78 is 14.7. The highest BCUT2D eigenvalue weighted by atomic mass is 32.2. The summed E-state index contributed by atoms with van der Waals surface area (Å²) in [6.45, 7) is 4.53. The summed E-state index contributed by atoms with van der Waals surface area (Å²) >= 11 is 1.96. The van der Waals surface area contributed by atoms with E-state index in [0.717, 1.165) is 41.5 Å². The standard InChI is InChI=1S/C21H22FN7OS/c1-15-10-17(20(23-11-15)28-6-8-31-9-7-28)13-29-14-19(25-27-29)12-24-26-21(30)16-2-4-18(22)5-3-16/h2-5,10-12,14H,6-9,13H2,1H3,(H,26,30)/b24-12+. The topological polar surface area (TPSA) is 88.3 Å². The van der Waals surface area contributed by atoms with Crippen LogP contribution in [0.15, 0.2) is 47.8 Å². The summed E-state index contributed by atoms with van der Waals surface area (Å²) in [6, 6.07) is 7.36. The zero-order valence-corrected chi connectivity index (χ0v) is 17.8. The lowest BCUT2D eigenvalue weighted by Gasteiger charge is -2.29. The Labute approximate surface area is 183 Å². The van der Waals surface area contributed by atoms with Gasteiger partial charge >= 0.3 is 0 Å². The minimum absolute atomic E-state index is 0.317. The first-order chi connectivity index (χ1) is 15.1. The van der Waals surface area contributed by atoms with E-state index < -0.39 is 11.7 Å². The normalized spacial score (nSPS) is 14.2. The Morgan fingerprint density at radius 2 is 2.06 bits per heavy atom. The van der Waals surface area contributed by atoms with Gasteiger partial charge in [0, 0.05) is 41.9 Å². The van der Waals surface area contributed by atoms with E-state index in [9.17, 15) is 9.18 Å². The average Bonchev–Trinajstić information content (AvgIpc) is 3.22. The molecule has 31 heavy (non-hydrogen) atoms. The van der Waals surface area contributed by atoms with Crippen molar-refractivity contribution in [2.75, 3.05) is 29.5 Å². The van der Waals surface area contributed by atoms with Gasteiger partial charge in [0.1, 0.15) is 17.3 Å². The Balaban J connectivity index is 1.41. The maximum Gasteiger partial charge on any atom is 0.271 e. The summed E-state index contributed by atoms with van der Waals surface area (Å²) in [5.74, 6) is 2.36. The van der Waals surface area contributed by atoms with Gasteiger partial charge < -0.3 is 4.90 Å². The van der Waals surface area contributed by atoms with Crippen molar-refractivity contribution in [3.8, 4) is 0 Å². The molecule has 0 saturated carbocycles. The van der Waals surface area contributed by atoms with Crippen LogP contribution in [-0.2, 0) is 6.54 Å². The van der Waals surface area contributed by atoms with Gasteiger partial charge in [-0.1, -0.05) is 5.21 Å². The van der Waals surface area contributed by atoms with Crippen LogP contribution in [0, 0.1) is 12.7 Å². The second-order valence-electron chi connectivity index (χ2n) is 7.14. The molecule has 0 bridgehead atoms. The van der Waals surface area contributed by atoms with Gasteiger partial charge in [-0.2, -0.15) is 16.9 Å². The van der Waals surface area contributed by atoms with Crippen LogP contribution in [0.25, 0.3) is 0 Å². The van der Waals surface area contributed by atoms with Crippen LogP contribution < -0.4 is 10.3 Å². The fourth-order valence-electron chi connectivity index (χ4n) is 3.25. The first-order valence-electron chi connectivity index (χ1n) is 9.86. The van der Waals surface area contributed by atoms with Crippen molar-refractivity contribution in [1.29, 1.82) is 0 Å². The maximum atomic E-state index is 12.9. The van der Waals surface area contributed by atoms with Crippen LogP contribution in [0.2, 0.25) is 0 Å². The number of hydrogen-bond donors (Lipinski definition) is 1. The zero-order valence-electron chi connectivity index (χ0n) is 17.0. The number of benzene rings is 1. The molecule has 3 heterocycles. The smallest absolute Gasteiger partial charge is 0.271 e. The molecule has 1 aliphatic heterocycles. The number of nitrogens with zero attached hydrogens (tertiary/aromatic N) is 6. The van der Waals surface area contributed by atoms with Gasteiger partial charge in [0.2, 0.25) is 0 Å². The number of carbonyl (C=O) groups is 1. The lowest BCUT2D eigenvalue weighted by molar-refractivity contribution is 0.0955. The number of amides is 1. The molecule has 1 N–H and O–H groups in total. The molecule has 3 aromatic rings. The van der Waals surface area contributed by atoms with Gasteiger partial charge in [-0.3, -0.25) is 4.79 Å². The van der Waals surface area contributed by atoms with Crippen LogP contribution in [0.4, 0.5) is 10.2 Å². The largest absolute Gasteiger partial charge is 0.355 e. The average molecular weight is 440 g/mol. The Hall–Kier alpha value is -3.27. The highest BCUT2D eigenvalue weighted by molar-refractivity contribution is 7.99. The van der Waals surface area contributed by atoms with Crippen LogP contribution in [-0.4, -0.2) is 56.7 Å². The molecule has 0 unspecified atom stereocenters. The van der Waals surface area contributed by atoms with Crippen LogP contribution in [0.1, 0.15) is 27.2 Å². The molecule has 10 heteroatoms. The number of thioether (sulfide) groups is 1. The molecule has 0 aliphatic carbocycles. The fraction of sp³-hybridized carbons (Fsp3) is 0.286. The molecule has 2 aromatic heterocycles. The first kappa shape index (κ1) is 21.0. The van der Waals surface area contributed by atoms with Crippen LogP contribution >= 0.6 is 11.8 Å². The number of aryl methyl sites for hydroxylation is 1. The summed E-state index contributed by atoms with van der Waals surface area (Å²) in [7, 11) is 0. The lowest BCUT2D eigenvalue weighted by atomic mass is 10.2. The maximum absolute atomic E-state index is 12.9. The molecule has 0 atom stereocenters. The Bertz CT molecular complexity index is 1080. The van der Waals surface area contributed by atoms with Crippen molar-refractivity contribution in [1.82, 2.24) is 25.4 Å². The second kappa shape index (κ2) is 9.69. The van der Waals surface area contributed by atoms with Crippen LogP contribution in [0.5, 0.6) is 0 Å². The summed E-state index contributed by atoms with van der Waals surface area (Å²) in [5, 5.41) is 12.2. The zero-order chi connectivity index (χ0) is 21.6. The molecular formula is C21H22FN7OS. The molecule has 0 radical (unpaired) electrons. The minimum atomic E-state index is -0.432. The van der Waals surface area contributed by atoms with E-state index >= 15 is 0 Å². The third-order valence-electron chi connectivity index (χ3n) is 4.75. The van der Waals surface area contributed by atoms with Gasteiger partial charge in [0.05, 0.1) is 19.0 Å². The first-order valence-corrected chi connectivity index (χ1v) is 11.0. The molecular weight excluding hydrogens is 417 g/mol. The third kappa shape index (κ3) is 5.46. The lowest BCUT2D eigenvalue weighted by Crippen LogP contribution is -2.34. The Kier molecular flexibility index (Phi) is 6.56. The van der Waals surface area contributed by atoms with E-state index in [-0.39, 0.29) is 0 Å².